The van der Waals surface area contributed by atoms with Gasteiger partial charge in [-0.1, -0.05) is 73.7 Å². The van der Waals surface area contributed by atoms with Crippen molar-refractivity contribution in [1.82, 2.24) is 0 Å². The van der Waals surface area contributed by atoms with Gasteiger partial charge in [-0.3, -0.25) is 4.52 Å². The van der Waals surface area contributed by atoms with Gasteiger partial charge in [0.15, 0.2) is 5.75 Å². The lowest BCUT2D eigenvalue weighted by Gasteiger charge is -2.15. The summed E-state index contributed by atoms with van der Waals surface area (Å²) in [4.78, 5) is 15.5. The van der Waals surface area contributed by atoms with E-state index in [0.717, 1.165) is 35.6 Å². The smallest absolute Gasteiger partial charge is 0.379 e. The van der Waals surface area contributed by atoms with E-state index in [0.29, 0.717) is 38.8 Å². The summed E-state index contributed by atoms with van der Waals surface area (Å²) in [5.41, 5.74) is 0.933. The van der Waals surface area contributed by atoms with Crippen molar-refractivity contribution in [3.8, 4) is 5.75 Å². The monoisotopic (exact) mass is 498 g/mol. The van der Waals surface area contributed by atoms with Gasteiger partial charge in [0, 0.05) is 12.0 Å². The van der Waals surface area contributed by atoms with Crippen LogP contribution in [0.15, 0.2) is 36.4 Å². The van der Waals surface area contributed by atoms with Gasteiger partial charge in [-0.05, 0) is 30.7 Å². The number of benzene rings is 2. The molecule has 0 spiro atoms. The molecule has 0 amide bonds. The van der Waals surface area contributed by atoms with E-state index in [9.17, 15) is 9.46 Å². The van der Waals surface area contributed by atoms with E-state index in [4.69, 9.17) is 28.3 Å². The largest absolute Gasteiger partial charge is 0.508 e. The van der Waals surface area contributed by atoms with Gasteiger partial charge < -0.3 is 24.0 Å². The zero-order valence-corrected chi connectivity index (χ0v) is 21.3. The summed E-state index contributed by atoms with van der Waals surface area (Å²) in [6, 6.07) is 11.7. The number of phosphoric acid groups is 1. The Hall–Kier alpha value is -1.51. The fourth-order valence-corrected chi connectivity index (χ4v) is 3.92. The lowest BCUT2D eigenvalue weighted by Crippen LogP contribution is -2.12. The topological polar surface area (TPSA) is 92.7 Å². The Bertz CT molecular complexity index is 860. The lowest BCUT2D eigenvalue weighted by atomic mass is 10.0. The van der Waals surface area contributed by atoms with E-state index in [2.05, 4.69) is 6.92 Å². The van der Waals surface area contributed by atoms with Crippen LogP contribution in [0.2, 0.25) is 0 Å². The summed E-state index contributed by atoms with van der Waals surface area (Å²) in [5.74, 6) is 0.451. The summed E-state index contributed by atoms with van der Waals surface area (Å²) < 4.78 is 38.0. The van der Waals surface area contributed by atoms with Crippen molar-refractivity contribution in [2.24, 2.45) is 0 Å². The van der Waals surface area contributed by atoms with Crippen molar-refractivity contribution in [2.75, 3.05) is 46.2 Å². The molecule has 0 saturated carbocycles. The standard InChI is InChI=1S/C25H39O8P/c1-3-5-6-7-8-12-23-15-14-22-11-9-10-13-24(22)25(23)32-33-34(26,27)31-21-20-30-19-18-29-17-16-28-4-2/h9-11,13-15H,3-8,12,16-21H2,1-2H3,(H,26,27). The molecule has 34 heavy (non-hydrogen) atoms. The van der Waals surface area contributed by atoms with Crippen molar-refractivity contribution in [1.29, 1.82) is 0 Å². The molecule has 192 valence electrons. The third-order valence-corrected chi connectivity index (χ3v) is 5.93. The average molecular weight is 499 g/mol. The molecule has 0 radical (unpaired) electrons. The van der Waals surface area contributed by atoms with E-state index in [1.807, 2.05) is 43.3 Å². The van der Waals surface area contributed by atoms with E-state index in [1.165, 1.54) is 19.3 Å². The Labute approximate surface area is 203 Å². The fourth-order valence-electron chi connectivity index (χ4n) is 3.40. The van der Waals surface area contributed by atoms with Gasteiger partial charge in [0.2, 0.25) is 0 Å². The van der Waals surface area contributed by atoms with E-state index in [-0.39, 0.29) is 13.2 Å². The average Bonchev–Trinajstić information content (AvgIpc) is 2.84. The highest BCUT2D eigenvalue weighted by Gasteiger charge is 2.25. The van der Waals surface area contributed by atoms with E-state index in [1.54, 1.807) is 0 Å². The molecule has 1 N–H and O–H groups in total. The molecule has 2 aromatic rings. The number of hydrogen-bond donors (Lipinski definition) is 1. The van der Waals surface area contributed by atoms with Crippen LogP contribution in [0.4, 0.5) is 0 Å². The Morgan fingerprint density at radius 3 is 2.21 bits per heavy atom. The number of hydrogen-bond acceptors (Lipinski definition) is 7. The van der Waals surface area contributed by atoms with Gasteiger partial charge in [0.05, 0.1) is 39.6 Å². The minimum atomic E-state index is -4.42. The zero-order valence-electron chi connectivity index (χ0n) is 20.4. The molecular formula is C25H39O8P. The number of rotatable bonds is 20. The van der Waals surface area contributed by atoms with Gasteiger partial charge in [-0.25, -0.2) is 4.57 Å². The number of ether oxygens (including phenoxy) is 3. The SMILES string of the molecule is CCCCCCCc1ccc2ccccc2c1OOP(=O)(O)OCCOCCOCCOCC. The summed E-state index contributed by atoms with van der Waals surface area (Å²) in [5, 5.41) is 1.78. The van der Waals surface area contributed by atoms with Gasteiger partial charge in [0.25, 0.3) is 0 Å². The predicted molar refractivity (Wildman–Crippen MR) is 132 cm³/mol. The Morgan fingerprint density at radius 1 is 0.794 bits per heavy atom. The molecule has 1 unspecified atom stereocenters. The molecule has 0 aliphatic carbocycles. The number of unbranched alkanes of at least 4 members (excludes halogenated alkanes) is 4. The summed E-state index contributed by atoms with van der Waals surface area (Å²) >= 11 is 0. The first kappa shape index (κ1) is 28.7. The van der Waals surface area contributed by atoms with Crippen LogP contribution in [0.25, 0.3) is 10.8 Å². The maximum Gasteiger partial charge on any atom is 0.508 e. The number of fused-ring (bicyclic) bond motifs is 1. The maximum absolute atomic E-state index is 12.3. The van der Waals surface area contributed by atoms with Gasteiger partial charge in [-0.15, -0.1) is 0 Å². The molecule has 2 rings (SSSR count). The highest BCUT2D eigenvalue weighted by molar-refractivity contribution is 7.47. The van der Waals surface area contributed by atoms with Gasteiger partial charge in [0.1, 0.15) is 0 Å². The molecule has 2 aromatic carbocycles. The molecule has 0 bridgehead atoms. The molecule has 0 saturated heterocycles. The Kier molecular flexibility index (Phi) is 14.4. The van der Waals surface area contributed by atoms with E-state index >= 15 is 0 Å². The van der Waals surface area contributed by atoms with Crippen molar-refractivity contribution in [3.05, 3.63) is 42.0 Å². The summed E-state index contributed by atoms with van der Waals surface area (Å²) in [7, 11) is -4.42. The molecular weight excluding hydrogens is 459 g/mol. The first-order valence-electron chi connectivity index (χ1n) is 12.1. The van der Waals surface area contributed by atoms with Crippen LogP contribution in [0.1, 0.15) is 51.5 Å². The molecule has 0 fully saturated rings. The predicted octanol–water partition coefficient (Wildman–Crippen LogP) is 5.85. The summed E-state index contributed by atoms with van der Waals surface area (Å²) in [6.07, 6.45) is 6.54. The third-order valence-electron chi connectivity index (χ3n) is 5.16. The Balaban J connectivity index is 1.80. The van der Waals surface area contributed by atoms with Crippen molar-refractivity contribution in [3.63, 3.8) is 0 Å². The molecule has 0 heterocycles. The molecule has 1 atom stereocenters. The number of phosphoric ester groups is 1. The molecule has 0 aliphatic heterocycles. The third kappa shape index (κ3) is 11.3. The first-order valence-corrected chi connectivity index (χ1v) is 13.6. The van der Waals surface area contributed by atoms with Gasteiger partial charge in [-0.2, -0.15) is 0 Å². The second-order valence-corrected chi connectivity index (χ2v) is 9.16. The molecule has 0 aromatic heterocycles. The van der Waals surface area contributed by atoms with Crippen LogP contribution in [0.3, 0.4) is 0 Å². The van der Waals surface area contributed by atoms with Crippen LogP contribution in [-0.2, 0) is 34.4 Å². The zero-order chi connectivity index (χ0) is 24.5. The molecule has 8 nitrogen and oxygen atoms in total. The fraction of sp³-hybridized carbons (Fsp3) is 0.600. The normalized spacial score (nSPS) is 13.3. The van der Waals surface area contributed by atoms with Gasteiger partial charge >= 0.3 is 7.82 Å². The van der Waals surface area contributed by atoms with Crippen molar-refractivity contribution >= 4 is 18.6 Å². The van der Waals surface area contributed by atoms with Crippen LogP contribution < -0.4 is 4.89 Å². The Morgan fingerprint density at radius 2 is 1.47 bits per heavy atom. The van der Waals surface area contributed by atoms with Crippen LogP contribution in [0.5, 0.6) is 5.75 Å². The van der Waals surface area contributed by atoms with Crippen LogP contribution >= 0.6 is 7.82 Å². The molecule has 0 aliphatic rings. The second kappa shape index (κ2) is 17.0. The number of aryl methyl sites for hydroxylation is 1. The lowest BCUT2D eigenvalue weighted by molar-refractivity contribution is -0.128. The quantitative estimate of drug-likeness (QED) is 0.105. The molecule has 9 heteroatoms. The maximum atomic E-state index is 12.3. The highest BCUT2D eigenvalue weighted by atomic mass is 31.2. The minimum absolute atomic E-state index is 0.115. The van der Waals surface area contributed by atoms with Crippen LogP contribution in [-0.4, -0.2) is 51.1 Å². The summed E-state index contributed by atoms with van der Waals surface area (Å²) in [6.45, 7) is 6.58. The van der Waals surface area contributed by atoms with Crippen molar-refractivity contribution < 1.29 is 37.8 Å². The first-order chi connectivity index (χ1) is 16.6. The second-order valence-electron chi connectivity index (χ2n) is 7.82. The minimum Gasteiger partial charge on any atom is -0.379 e. The van der Waals surface area contributed by atoms with Crippen molar-refractivity contribution in [2.45, 2.75) is 52.4 Å². The van der Waals surface area contributed by atoms with Crippen LogP contribution in [0, 0.1) is 0 Å². The van der Waals surface area contributed by atoms with E-state index < -0.39 is 7.82 Å². The highest BCUT2D eigenvalue weighted by Crippen LogP contribution is 2.44.